The quantitative estimate of drug-likeness (QED) is 0.527. The summed E-state index contributed by atoms with van der Waals surface area (Å²) in [6, 6.07) is 8.47. The van der Waals surface area contributed by atoms with Crippen LogP contribution in [0.2, 0.25) is 0 Å². The van der Waals surface area contributed by atoms with E-state index in [1.807, 2.05) is 0 Å². The molecule has 1 aliphatic rings. The summed E-state index contributed by atoms with van der Waals surface area (Å²) < 4.78 is 4.82. The van der Waals surface area contributed by atoms with Gasteiger partial charge in [-0.2, -0.15) is 0 Å². The van der Waals surface area contributed by atoms with Crippen LogP contribution in [0.1, 0.15) is 24.0 Å². The second kappa shape index (κ2) is 7.82. The largest absolute Gasteiger partial charge is 0.469 e. The summed E-state index contributed by atoms with van der Waals surface area (Å²) in [6.07, 6.45) is 1.63. The molecule has 0 spiro atoms. The summed E-state index contributed by atoms with van der Waals surface area (Å²) in [5.41, 5.74) is 2.49. The summed E-state index contributed by atoms with van der Waals surface area (Å²) in [5.74, 6) is 0.822. The van der Waals surface area contributed by atoms with E-state index < -0.39 is 0 Å². The predicted octanol–water partition coefficient (Wildman–Crippen LogP) is 1.96. The molecule has 5 nitrogen and oxygen atoms in total. The maximum atomic E-state index is 11.6. The van der Waals surface area contributed by atoms with Crippen LogP contribution in [0.5, 0.6) is 0 Å². The minimum Gasteiger partial charge on any atom is -0.469 e. The fourth-order valence-corrected chi connectivity index (χ4v) is 2.71. The fraction of sp³-hybridized carbons (Fsp3) is 0.529. The van der Waals surface area contributed by atoms with Crippen molar-refractivity contribution < 1.29 is 9.53 Å². The van der Waals surface area contributed by atoms with Crippen LogP contribution < -0.4 is 5.32 Å². The number of rotatable bonds is 3. The Hall–Kier alpha value is -2.04. The van der Waals surface area contributed by atoms with E-state index in [1.165, 1.54) is 18.2 Å². The molecular weight excluding hydrogens is 278 g/mol. The van der Waals surface area contributed by atoms with Crippen molar-refractivity contribution in [1.29, 1.82) is 0 Å². The lowest BCUT2D eigenvalue weighted by atomic mass is 9.97. The average Bonchev–Trinajstić information content (AvgIpc) is 2.57. The normalized spacial score (nSPS) is 16.5. The number of guanidine groups is 1. The number of methoxy groups -OCH3 is 1. The van der Waals surface area contributed by atoms with Gasteiger partial charge in [0.15, 0.2) is 5.96 Å². The molecule has 0 radical (unpaired) electrons. The number of nitrogens with one attached hydrogen (secondary N) is 1. The van der Waals surface area contributed by atoms with E-state index in [4.69, 9.17) is 4.74 Å². The first kappa shape index (κ1) is 16.3. The predicted molar refractivity (Wildman–Crippen MR) is 87.7 cm³/mol. The molecule has 0 aliphatic carbocycles. The van der Waals surface area contributed by atoms with Crippen LogP contribution in [0.25, 0.3) is 0 Å². The molecule has 2 rings (SSSR count). The van der Waals surface area contributed by atoms with Crippen molar-refractivity contribution in [2.24, 2.45) is 10.9 Å². The van der Waals surface area contributed by atoms with Gasteiger partial charge in [0.05, 0.1) is 13.0 Å². The molecule has 1 aromatic carbocycles. The van der Waals surface area contributed by atoms with Crippen LogP contribution in [-0.2, 0) is 16.1 Å². The molecule has 0 saturated carbocycles. The topological polar surface area (TPSA) is 53.9 Å². The molecule has 1 fully saturated rings. The zero-order chi connectivity index (χ0) is 15.9. The highest BCUT2D eigenvalue weighted by Gasteiger charge is 2.26. The molecule has 1 N–H and O–H groups in total. The maximum absolute atomic E-state index is 11.6. The summed E-state index contributed by atoms with van der Waals surface area (Å²) in [7, 11) is 3.25. The number of carbonyl (C=O) groups excluding carboxylic acids is 1. The van der Waals surface area contributed by atoms with Gasteiger partial charge in [-0.3, -0.25) is 9.79 Å². The first-order valence-electron chi connectivity index (χ1n) is 7.73. The second-order valence-corrected chi connectivity index (χ2v) is 5.67. The lowest BCUT2D eigenvalue weighted by Gasteiger charge is -2.33. The van der Waals surface area contributed by atoms with E-state index in [-0.39, 0.29) is 11.9 Å². The first-order valence-corrected chi connectivity index (χ1v) is 7.73. The van der Waals surface area contributed by atoms with Crippen molar-refractivity contribution in [3.8, 4) is 0 Å². The molecule has 0 aromatic heterocycles. The Morgan fingerprint density at radius 3 is 2.50 bits per heavy atom. The van der Waals surface area contributed by atoms with Crippen LogP contribution in [0.15, 0.2) is 29.3 Å². The Morgan fingerprint density at radius 1 is 1.32 bits per heavy atom. The number of hydrogen-bond donors (Lipinski definition) is 1. The van der Waals surface area contributed by atoms with Gasteiger partial charge in [-0.05, 0) is 25.3 Å². The highest BCUT2D eigenvalue weighted by atomic mass is 16.5. The highest BCUT2D eigenvalue weighted by molar-refractivity contribution is 5.80. The molecule has 0 atom stereocenters. The van der Waals surface area contributed by atoms with Crippen LogP contribution in [0, 0.1) is 12.8 Å². The molecule has 1 aromatic rings. The first-order chi connectivity index (χ1) is 10.6. The molecule has 0 amide bonds. The van der Waals surface area contributed by atoms with Gasteiger partial charge < -0.3 is 15.0 Å². The van der Waals surface area contributed by atoms with Crippen molar-refractivity contribution in [3.63, 3.8) is 0 Å². The van der Waals surface area contributed by atoms with Crippen LogP contribution in [0.3, 0.4) is 0 Å². The SMILES string of the molecule is CN=C(NCc1ccc(C)cc1)N1CCC(C(=O)OC)CC1. The fourth-order valence-electron chi connectivity index (χ4n) is 2.71. The van der Waals surface area contributed by atoms with Crippen LogP contribution in [-0.4, -0.2) is 44.1 Å². The second-order valence-electron chi connectivity index (χ2n) is 5.67. The van der Waals surface area contributed by atoms with Crippen LogP contribution >= 0.6 is 0 Å². The van der Waals surface area contributed by atoms with Gasteiger partial charge in [-0.15, -0.1) is 0 Å². The highest BCUT2D eigenvalue weighted by Crippen LogP contribution is 2.18. The number of aryl methyl sites for hydroxylation is 1. The van der Waals surface area contributed by atoms with Crippen molar-refractivity contribution in [1.82, 2.24) is 10.2 Å². The molecule has 22 heavy (non-hydrogen) atoms. The van der Waals surface area contributed by atoms with Gasteiger partial charge in [0.1, 0.15) is 0 Å². The Bertz CT molecular complexity index is 517. The summed E-state index contributed by atoms with van der Waals surface area (Å²) >= 11 is 0. The Morgan fingerprint density at radius 2 is 1.95 bits per heavy atom. The van der Waals surface area contributed by atoms with Gasteiger partial charge in [-0.25, -0.2) is 0 Å². The Labute approximate surface area is 132 Å². The van der Waals surface area contributed by atoms with E-state index in [1.54, 1.807) is 7.05 Å². The summed E-state index contributed by atoms with van der Waals surface area (Å²) in [5, 5.41) is 3.39. The van der Waals surface area contributed by atoms with Gasteiger partial charge in [0, 0.05) is 26.7 Å². The van der Waals surface area contributed by atoms with E-state index in [9.17, 15) is 4.79 Å². The average molecular weight is 303 g/mol. The third-order valence-corrected chi connectivity index (χ3v) is 4.11. The number of ether oxygens (including phenoxy) is 1. The third kappa shape index (κ3) is 4.23. The van der Waals surface area contributed by atoms with Gasteiger partial charge >= 0.3 is 5.97 Å². The zero-order valence-corrected chi connectivity index (χ0v) is 13.6. The van der Waals surface area contributed by atoms with Crippen molar-refractivity contribution >= 4 is 11.9 Å². The number of likely N-dealkylation sites (tertiary alicyclic amines) is 1. The monoisotopic (exact) mass is 303 g/mol. The number of nitrogens with zero attached hydrogens (tertiary/aromatic N) is 2. The van der Waals surface area contributed by atoms with E-state index >= 15 is 0 Å². The number of aliphatic imine (C=N–C) groups is 1. The van der Waals surface area contributed by atoms with Crippen LogP contribution in [0.4, 0.5) is 0 Å². The Kier molecular flexibility index (Phi) is 5.81. The maximum Gasteiger partial charge on any atom is 0.308 e. The number of esters is 1. The zero-order valence-electron chi connectivity index (χ0n) is 13.6. The molecule has 5 heteroatoms. The van der Waals surface area contributed by atoms with E-state index in [2.05, 4.69) is 46.4 Å². The van der Waals surface area contributed by atoms with Gasteiger partial charge in [0.25, 0.3) is 0 Å². The minimum absolute atomic E-state index is 0.0245. The molecule has 1 heterocycles. The summed E-state index contributed by atoms with van der Waals surface area (Å²) in [4.78, 5) is 18.1. The molecule has 120 valence electrons. The molecule has 1 saturated heterocycles. The lowest BCUT2D eigenvalue weighted by molar-refractivity contribution is -0.146. The van der Waals surface area contributed by atoms with Crippen molar-refractivity contribution in [3.05, 3.63) is 35.4 Å². The standard InChI is InChI=1S/C17H25N3O2/c1-13-4-6-14(7-5-13)12-19-17(18-2)20-10-8-15(9-11-20)16(21)22-3/h4-7,15H,8-12H2,1-3H3,(H,18,19). The minimum atomic E-state index is -0.0951. The molecule has 0 unspecified atom stereocenters. The number of carbonyl (C=O) groups is 1. The van der Waals surface area contributed by atoms with Gasteiger partial charge in [-0.1, -0.05) is 29.8 Å². The van der Waals surface area contributed by atoms with Crippen molar-refractivity contribution in [2.75, 3.05) is 27.2 Å². The smallest absolute Gasteiger partial charge is 0.308 e. The third-order valence-electron chi connectivity index (χ3n) is 4.11. The Balaban J connectivity index is 1.85. The van der Waals surface area contributed by atoms with Crippen molar-refractivity contribution in [2.45, 2.75) is 26.3 Å². The van der Waals surface area contributed by atoms with Gasteiger partial charge in [0.2, 0.25) is 0 Å². The molecule has 0 bridgehead atoms. The number of benzene rings is 1. The summed E-state index contributed by atoms with van der Waals surface area (Å²) in [6.45, 7) is 4.49. The number of piperidine rings is 1. The molecular formula is C17H25N3O2. The van der Waals surface area contributed by atoms with E-state index in [0.29, 0.717) is 0 Å². The molecule has 1 aliphatic heterocycles. The number of hydrogen-bond acceptors (Lipinski definition) is 3. The van der Waals surface area contributed by atoms with E-state index in [0.717, 1.165) is 38.4 Å². The lowest BCUT2D eigenvalue weighted by Crippen LogP contribution is -2.46.